The number of aromatic hydroxyl groups is 1. The molecule has 0 atom stereocenters. The SMILES string of the molecule is COc1ccc(Cl)c(-c2cccc(O)c2)c1. The lowest BCUT2D eigenvalue weighted by Gasteiger charge is -2.07. The Morgan fingerprint density at radius 1 is 1.12 bits per heavy atom. The highest BCUT2D eigenvalue weighted by Gasteiger charge is 2.05. The molecule has 0 aliphatic heterocycles. The van der Waals surface area contributed by atoms with Gasteiger partial charge in [-0.25, -0.2) is 0 Å². The van der Waals surface area contributed by atoms with Crippen LogP contribution in [-0.2, 0) is 0 Å². The molecule has 2 rings (SSSR count). The molecule has 0 aliphatic rings. The van der Waals surface area contributed by atoms with E-state index in [9.17, 15) is 5.11 Å². The van der Waals surface area contributed by atoms with Gasteiger partial charge in [-0.15, -0.1) is 0 Å². The summed E-state index contributed by atoms with van der Waals surface area (Å²) in [6.07, 6.45) is 0. The topological polar surface area (TPSA) is 29.5 Å². The summed E-state index contributed by atoms with van der Waals surface area (Å²) in [5, 5.41) is 10.0. The first-order valence-electron chi connectivity index (χ1n) is 4.83. The molecule has 0 saturated heterocycles. The number of phenolic OH excluding ortho intramolecular Hbond substituents is 1. The van der Waals surface area contributed by atoms with Crippen LogP contribution in [0.5, 0.6) is 11.5 Å². The summed E-state index contributed by atoms with van der Waals surface area (Å²) in [5.41, 5.74) is 1.71. The number of methoxy groups -OCH3 is 1. The largest absolute Gasteiger partial charge is 0.508 e. The van der Waals surface area contributed by atoms with Gasteiger partial charge in [0.05, 0.1) is 7.11 Å². The number of phenols is 1. The zero-order valence-electron chi connectivity index (χ0n) is 8.77. The molecule has 16 heavy (non-hydrogen) atoms. The predicted octanol–water partition coefficient (Wildman–Crippen LogP) is 3.72. The predicted molar refractivity (Wildman–Crippen MR) is 65.1 cm³/mol. The first kappa shape index (κ1) is 10.8. The second-order valence-electron chi connectivity index (χ2n) is 3.40. The van der Waals surface area contributed by atoms with Crippen LogP contribution in [0, 0.1) is 0 Å². The minimum atomic E-state index is 0.219. The normalized spacial score (nSPS) is 10.1. The molecule has 0 radical (unpaired) electrons. The van der Waals surface area contributed by atoms with Crippen LogP contribution in [0.4, 0.5) is 0 Å². The van der Waals surface area contributed by atoms with Gasteiger partial charge in [0.1, 0.15) is 11.5 Å². The molecule has 2 aromatic carbocycles. The zero-order valence-corrected chi connectivity index (χ0v) is 9.53. The molecule has 2 nitrogen and oxygen atoms in total. The van der Waals surface area contributed by atoms with Crippen LogP contribution < -0.4 is 4.74 Å². The van der Waals surface area contributed by atoms with E-state index in [1.54, 1.807) is 37.4 Å². The van der Waals surface area contributed by atoms with E-state index in [0.29, 0.717) is 5.02 Å². The van der Waals surface area contributed by atoms with Gasteiger partial charge in [-0.3, -0.25) is 0 Å². The third kappa shape index (κ3) is 2.12. The molecule has 2 aromatic rings. The van der Waals surface area contributed by atoms with Crippen molar-refractivity contribution in [2.75, 3.05) is 7.11 Å². The average Bonchev–Trinajstić information content (AvgIpc) is 2.30. The zero-order chi connectivity index (χ0) is 11.5. The van der Waals surface area contributed by atoms with Crippen molar-refractivity contribution in [2.45, 2.75) is 0 Å². The highest BCUT2D eigenvalue weighted by molar-refractivity contribution is 6.33. The highest BCUT2D eigenvalue weighted by Crippen LogP contribution is 2.32. The van der Waals surface area contributed by atoms with Crippen molar-refractivity contribution in [1.82, 2.24) is 0 Å². The van der Waals surface area contributed by atoms with Crippen molar-refractivity contribution in [2.24, 2.45) is 0 Å². The lowest BCUT2D eigenvalue weighted by molar-refractivity contribution is 0.415. The average molecular weight is 235 g/mol. The molecule has 0 aliphatic carbocycles. The molecule has 0 bridgehead atoms. The maximum absolute atomic E-state index is 9.42. The number of ether oxygens (including phenoxy) is 1. The summed E-state index contributed by atoms with van der Waals surface area (Å²) in [6, 6.07) is 12.4. The molecule has 0 saturated carbocycles. The minimum absolute atomic E-state index is 0.219. The molecule has 0 amide bonds. The maximum atomic E-state index is 9.42. The Balaban J connectivity index is 2.54. The van der Waals surface area contributed by atoms with Gasteiger partial charge in [-0.2, -0.15) is 0 Å². The molecule has 0 unspecified atom stereocenters. The van der Waals surface area contributed by atoms with E-state index in [2.05, 4.69) is 0 Å². The van der Waals surface area contributed by atoms with Gasteiger partial charge in [0.2, 0.25) is 0 Å². The Morgan fingerprint density at radius 2 is 1.94 bits per heavy atom. The first-order valence-corrected chi connectivity index (χ1v) is 5.21. The van der Waals surface area contributed by atoms with Crippen LogP contribution in [0.15, 0.2) is 42.5 Å². The van der Waals surface area contributed by atoms with E-state index in [-0.39, 0.29) is 5.75 Å². The third-order valence-corrected chi connectivity index (χ3v) is 2.66. The lowest BCUT2D eigenvalue weighted by atomic mass is 10.1. The van der Waals surface area contributed by atoms with Gasteiger partial charge < -0.3 is 9.84 Å². The summed E-state index contributed by atoms with van der Waals surface area (Å²) < 4.78 is 5.14. The maximum Gasteiger partial charge on any atom is 0.119 e. The fourth-order valence-electron chi connectivity index (χ4n) is 1.53. The van der Waals surface area contributed by atoms with Crippen LogP contribution in [0.25, 0.3) is 11.1 Å². The van der Waals surface area contributed by atoms with Gasteiger partial charge in [0.25, 0.3) is 0 Å². The van der Waals surface area contributed by atoms with Crippen LogP contribution in [0.2, 0.25) is 5.02 Å². The van der Waals surface area contributed by atoms with Crippen LogP contribution in [0.1, 0.15) is 0 Å². The molecule has 0 spiro atoms. The van der Waals surface area contributed by atoms with E-state index >= 15 is 0 Å². The van der Waals surface area contributed by atoms with E-state index in [1.165, 1.54) is 0 Å². The summed E-state index contributed by atoms with van der Waals surface area (Å²) in [5.74, 6) is 0.958. The van der Waals surface area contributed by atoms with Crippen LogP contribution >= 0.6 is 11.6 Å². The number of halogens is 1. The van der Waals surface area contributed by atoms with Crippen molar-refractivity contribution in [3.05, 3.63) is 47.5 Å². The molecule has 0 aromatic heterocycles. The molecule has 82 valence electrons. The Bertz CT molecular complexity index is 509. The van der Waals surface area contributed by atoms with Gasteiger partial charge in [0, 0.05) is 10.6 Å². The number of benzene rings is 2. The highest BCUT2D eigenvalue weighted by atomic mass is 35.5. The van der Waals surface area contributed by atoms with E-state index in [1.807, 2.05) is 12.1 Å². The van der Waals surface area contributed by atoms with Crippen LogP contribution in [0.3, 0.4) is 0 Å². The number of hydrogen-bond acceptors (Lipinski definition) is 2. The first-order chi connectivity index (χ1) is 7.70. The smallest absolute Gasteiger partial charge is 0.119 e. The molecule has 1 N–H and O–H groups in total. The van der Waals surface area contributed by atoms with Crippen molar-refractivity contribution in [3.63, 3.8) is 0 Å². The second-order valence-corrected chi connectivity index (χ2v) is 3.80. The standard InChI is InChI=1S/C13H11ClO2/c1-16-11-5-6-13(14)12(8-11)9-3-2-4-10(15)7-9/h2-8,15H,1H3. The Kier molecular flexibility index (Phi) is 3.02. The van der Waals surface area contributed by atoms with Gasteiger partial charge >= 0.3 is 0 Å². The molecular weight excluding hydrogens is 224 g/mol. The quantitative estimate of drug-likeness (QED) is 0.858. The minimum Gasteiger partial charge on any atom is -0.508 e. The van der Waals surface area contributed by atoms with Gasteiger partial charge in [-0.05, 0) is 35.9 Å². The molecule has 0 heterocycles. The molecular formula is C13H11ClO2. The molecule has 3 heteroatoms. The van der Waals surface area contributed by atoms with Crippen LogP contribution in [-0.4, -0.2) is 12.2 Å². The second kappa shape index (κ2) is 4.45. The van der Waals surface area contributed by atoms with Gasteiger partial charge in [0.15, 0.2) is 0 Å². The summed E-state index contributed by atoms with van der Waals surface area (Å²) in [4.78, 5) is 0. The fraction of sp³-hybridized carbons (Fsp3) is 0.0769. The van der Waals surface area contributed by atoms with Crippen molar-refractivity contribution in [3.8, 4) is 22.6 Å². The van der Waals surface area contributed by atoms with Crippen molar-refractivity contribution >= 4 is 11.6 Å². The summed E-state index contributed by atoms with van der Waals surface area (Å²) >= 11 is 6.10. The summed E-state index contributed by atoms with van der Waals surface area (Å²) in [6.45, 7) is 0. The fourth-order valence-corrected chi connectivity index (χ4v) is 1.75. The number of rotatable bonds is 2. The third-order valence-electron chi connectivity index (χ3n) is 2.33. The van der Waals surface area contributed by atoms with E-state index in [0.717, 1.165) is 16.9 Å². The monoisotopic (exact) mass is 234 g/mol. The Labute approximate surface area is 99.1 Å². The van der Waals surface area contributed by atoms with Crippen molar-refractivity contribution in [1.29, 1.82) is 0 Å². The number of hydrogen-bond donors (Lipinski definition) is 1. The Hall–Kier alpha value is -1.67. The van der Waals surface area contributed by atoms with Crippen molar-refractivity contribution < 1.29 is 9.84 Å². The lowest BCUT2D eigenvalue weighted by Crippen LogP contribution is -1.85. The summed E-state index contributed by atoms with van der Waals surface area (Å²) in [7, 11) is 1.61. The Morgan fingerprint density at radius 3 is 2.62 bits per heavy atom. The van der Waals surface area contributed by atoms with E-state index < -0.39 is 0 Å². The van der Waals surface area contributed by atoms with E-state index in [4.69, 9.17) is 16.3 Å². The molecule has 0 fully saturated rings. The van der Waals surface area contributed by atoms with Gasteiger partial charge in [-0.1, -0.05) is 23.7 Å².